The zero-order valence-corrected chi connectivity index (χ0v) is 16.7. The van der Waals surface area contributed by atoms with E-state index in [4.69, 9.17) is 10.8 Å². The lowest BCUT2D eigenvalue weighted by atomic mass is 10.0. The second-order valence-electron chi connectivity index (χ2n) is 7.52. The number of likely N-dealkylation sites (tertiary alicyclic amines) is 1. The number of hydrogen-bond donors (Lipinski definition) is 2. The summed E-state index contributed by atoms with van der Waals surface area (Å²) in [5.74, 6) is -0.473. The van der Waals surface area contributed by atoms with Crippen molar-refractivity contribution < 1.29 is 9.59 Å². The van der Waals surface area contributed by atoms with Gasteiger partial charge >= 0.3 is 0 Å². The van der Waals surface area contributed by atoms with Crippen molar-refractivity contribution in [2.75, 3.05) is 19.6 Å². The topological polar surface area (TPSA) is 93.2 Å². The van der Waals surface area contributed by atoms with Crippen LogP contribution in [0.5, 0.6) is 0 Å². The number of nitrogens with one attached hydrogen (secondary N) is 1. The summed E-state index contributed by atoms with van der Waals surface area (Å²) in [5, 5.41) is 7.85. The van der Waals surface area contributed by atoms with Gasteiger partial charge in [0.2, 0.25) is 5.91 Å². The zero-order chi connectivity index (χ0) is 20.9. The fraction of sp³-hybridized carbons (Fsp3) is 0.261. The van der Waals surface area contributed by atoms with Crippen LogP contribution in [-0.4, -0.2) is 52.2 Å². The molecule has 154 valence electrons. The molecule has 30 heavy (non-hydrogen) atoms. The van der Waals surface area contributed by atoms with E-state index < -0.39 is 0 Å². The molecule has 2 aromatic carbocycles. The van der Waals surface area contributed by atoms with Crippen molar-refractivity contribution in [2.24, 2.45) is 5.73 Å². The summed E-state index contributed by atoms with van der Waals surface area (Å²) in [4.78, 5) is 26.3. The maximum absolute atomic E-state index is 13.2. The summed E-state index contributed by atoms with van der Waals surface area (Å²) in [7, 11) is 0. The minimum absolute atomic E-state index is 0.0564. The highest BCUT2D eigenvalue weighted by molar-refractivity contribution is 5.94. The first kappa shape index (κ1) is 19.8. The van der Waals surface area contributed by atoms with Gasteiger partial charge in [0, 0.05) is 24.7 Å². The number of nitrogens with two attached hydrogens (primary N) is 1. The molecule has 2 heterocycles. The quantitative estimate of drug-likeness (QED) is 0.660. The SMILES string of the molecule is NC(=O)CN1CCC(NC(=O)c2cc(-c3ccccc3)nn2-c2ccccc2)CC1. The number of aromatic nitrogens is 2. The summed E-state index contributed by atoms with van der Waals surface area (Å²) < 4.78 is 1.69. The number of primary amides is 1. The maximum atomic E-state index is 13.2. The lowest BCUT2D eigenvalue weighted by Crippen LogP contribution is -2.47. The van der Waals surface area contributed by atoms with E-state index in [0.717, 1.165) is 42.9 Å². The summed E-state index contributed by atoms with van der Waals surface area (Å²) in [6, 6.07) is 21.4. The molecule has 0 aliphatic carbocycles. The minimum atomic E-state index is -0.322. The highest BCUT2D eigenvalue weighted by atomic mass is 16.2. The molecule has 7 heteroatoms. The van der Waals surface area contributed by atoms with Crippen molar-refractivity contribution >= 4 is 11.8 Å². The largest absolute Gasteiger partial charge is 0.369 e. The second kappa shape index (κ2) is 8.92. The summed E-state index contributed by atoms with van der Waals surface area (Å²) in [6.45, 7) is 1.74. The number of piperidine rings is 1. The Morgan fingerprint density at radius 1 is 1.00 bits per heavy atom. The number of amides is 2. The Hall–Kier alpha value is -3.45. The molecule has 1 aliphatic heterocycles. The van der Waals surface area contributed by atoms with E-state index in [9.17, 15) is 9.59 Å². The number of benzene rings is 2. The minimum Gasteiger partial charge on any atom is -0.369 e. The van der Waals surface area contributed by atoms with Gasteiger partial charge in [-0.3, -0.25) is 14.5 Å². The van der Waals surface area contributed by atoms with Crippen LogP contribution >= 0.6 is 0 Å². The molecule has 3 aromatic rings. The average molecular weight is 403 g/mol. The van der Waals surface area contributed by atoms with Gasteiger partial charge in [0.05, 0.1) is 17.9 Å². The molecule has 1 fully saturated rings. The zero-order valence-electron chi connectivity index (χ0n) is 16.7. The summed E-state index contributed by atoms with van der Waals surface area (Å²) in [6.07, 6.45) is 1.56. The number of carbonyl (C=O) groups excluding carboxylic acids is 2. The first-order chi connectivity index (χ1) is 14.6. The molecule has 0 spiro atoms. The Labute approximate surface area is 175 Å². The second-order valence-corrected chi connectivity index (χ2v) is 7.52. The molecule has 0 atom stereocenters. The van der Waals surface area contributed by atoms with Crippen molar-refractivity contribution in [1.82, 2.24) is 20.0 Å². The molecule has 0 bridgehead atoms. The predicted octanol–water partition coefficient (Wildman–Crippen LogP) is 2.22. The van der Waals surface area contributed by atoms with Crippen molar-refractivity contribution in [3.05, 3.63) is 72.4 Å². The average Bonchev–Trinajstić information content (AvgIpc) is 3.22. The van der Waals surface area contributed by atoms with Crippen LogP contribution in [0.4, 0.5) is 0 Å². The van der Waals surface area contributed by atoms with E-state index in [1.54, 1.807) is 4.68 Å². The molecule has 7 nitrogen and oxygen atoms in total. The molecule has 0 saturated carbocycles. The third-order valence-corrected chi connectivity index (χ3v) is 5.31. The summed E-state index contributed by atoms with van der Waals surface area (Å²) >= 11 is 0. The van der Waals surface area contributed by atoms with Crippen LogP contribution in [0.1, 0.15) is 23.3 Å². The summed E-state index contributed by atoms with van der Waals surface area (Å²) in [5.41, 5.74) is 8.32. The van der Waals surface area contributed by atoms with Crippen LogP contribution in [0.2, 0.25) is 0 Å². The van der Waals surface area contributed by atoms with Gasteiger partial charge in [-0.15, -0.1) is 0 Å². The lowest BCUT2D eigenvalue weighted by Gasteiger charge is -2.31. The number of rotatable bonds is 6. The van der Waals surface area contributed by atoms with E-state index in [0.29, 0.717) is 5.69 Å². The Bertz CT molecular complexity index is 1010. The van der Waals surface area contributed by atoms with Gasteiger partial charge in [0.1, 0.15) is 5.69 Å². The first-order valence-electron chi connectivity index (χ1n) is 10.1. The fourth-order valence-corrected chi connectivity index (χ4v) is 3.77. The molecule has 1 aliphatic rings. The van der Waals surface area contributed by atoms with Crippen molar-refractivity contribution in [3.8, 4) is 16.9 Å². The van der Waals surface area contributed by atoms with Gasteiger partial charge in [-0.25, -0.2) is 4.68 Å². The highest BCUT2D eigenvalue weighted by Crippen LogP contribution is 2.22. The van der Waals surface area contributed by atoms with E-state index in [-0.39, 0.29) is 24.4 Å². The Morgan fingerprint density at radius 3 is 2.27 bits per heavy atom. The molecule has 4 rings (SSSR count). The Balaban J connectivity index is 1.54. The third-order valence-electron chi connectivity index (χ3n) is 5.31. The van der Waals surface area contributed by atoms with Crippen LogP contribution in [0.25, 0.3) is 16.9 Å². The lowest BCUT2D eigenvalue weighted by molar-refractivity contribution is -0.119. The van der Waals surface area contributed by atoms with Gasteiger partial charge in [-0.05, 0) is 31.0 Å². The van der Waals surface area contributed by atoms with E-state index >= 15 is 0 Å². The fourth-order valence-electron chi connectivity index (χ4n) is 3.77. The molecule has 1 aromatic heterocycles. The Morgan fingerprint density at radius 2 is 1.63 bits per heavy atom. The molecule has 0 radical (unpaired) electrons. The first-order valence-corrected chi connectivity index (χ1v) is 10.1. The van der Waals surface area contributed by atoms with Gasteiger partial charge in [-0.2, -0.15) is 5.10 Å². The smallest absolute Gasteiger partial charge is 0.270 e. The number of carbonyl (C=O) groups is 2. The van der Waals surface area contributed by atoms with Gasteiger partial charge in [-0.1, -0.05) is 48.5 Å². The monoisotopic (exact) mass is 403 g/mol. The molecule has 1 saturated heterocycles. The van der Waals surface area contributed by atoms with Crippen LogP contribution in [0.15, 0.2) is 66.7 Å². The number of para-hydroxylation sites is 1. The number of nitrogens with zero attached hydrogens (tertiary/aromatic N) is 3. The maximum Gasteiger partial charge on any atom is 0.270 e. The van der Waals surface area contributed by atoms with Crippen LogP contribution in [0, 0.1) is 0 Å². The van der Waals surface area contributed by atoms with Gasteiger partial charge in [0.25, 0.3) is 5.91 Å². The van der Waals surface area contributed by atoms with E-state index in [2.05, 4.69) is 5.32 Å². The molecule has 3 N–H and O–H groups in total. The highest BCUT2D eigenvalue weighted by Gasteiger charge is 2.24. The molecular weight excluding hydrogens is 378 g/mol. The Kier molecular flexibility index (Phi) is 5.90. The van der Waals surface area contributed by atoms with Crippen LogP contribution in [0.3, 0.4) is 0 Å². The van der Waals surface area contributed by atoms with Gasteiger partial charge in [0.15, 0.2) is 0 Å². The van der Waals surface area contributed by atoms with Crippen molar-refractivity contribution in [3.63, 3.8) is 0 Å². The van der Waals surface area contributed by atoms with E-state index in [1.165, 1.54) is 0 Å². The standard InChI is InChI=1S/C23H25N5O2/c24-22(29)16-27-13-11-18(12-14-27)25-23(30)21-15-20(17-7-3-1-4-8-17)26-28(21)19-9-5-2-6-10-19/h1-10,15,18H,11-14,16H2,(H2,24,29)(H,25,30). The molecular formula is C23H25N5O2. The normalized spacial score (nSPS) is 15.1. The van der Waals surface area contributed by atoms with Crippen LogP contribution in [-0.2, 0) is 4.79 Å². The van der Waals surface area contributed by atoms with Crippen molar-refractivity contribution in [1.29, 1.82) is 0 Å². The van der Waals surface area contributed by atoms with Gasteiger partial charge < -0.3 is 11.1 Å². The molecule has 2 amide bonds. The van der Waals surface area contributed by atoms with Crippen molar-refractivity contribution in [2.45, 2.75) is 18.9 Å². The molecule has 0 unspecified atom stereocenters. The van der Waals surface area contributed by atoms with Crippen LogP contribution < -0.4 is 11.1 Å². The van der Waals surface area contributed by atoms with E-state index in [1.807, 2.05) is 71.6 Å². The third kappa shape index (κ3) is 4.58. The number of hydrogen-bond acceptors (Lipinski definition) is 4. The predicted molar refractivity (Wildman–Crippen MR) is 115 cm³/mol.